The van der Waals surface area contributed by atoms with E-state index in [0.717, 1.165) is 23.2 Å². The molecule has 0 spiro atoms. The highest BCUT2D eigenvalue weighted by molar-refractivity contribution is 5.84. The first-order valence-electron chi connectivity index (χ1n) is 7.37. The van der Waals surface area contributed by atoms with Crippen LogP contribution >= 0.6 is 0 Å². The predicted octanol–water partition coefficient (Wildman–Crippen LogP) is 4.05. The van der Waals surface area contributed by atoms with Crippen LogP contribution in [0.25, 0.3) is 11.0 Å². The maximum atomic E-state index is 11.9. The maximum absolute atomic E-state index is 11.9. The second-order valence-electron chi connectivity index (χ2n) is 5.75. The lowest BCUT2D eigenvalue weighted by atomic mass is 10.1. The average molecular weight is 289 g/mol. The molecular formula is C17H23NO3. The fourth-order valence-electron chi connectivity index (χ4n) is 2.23. The van der Waals surface area contributed by atoms with Crippen LogP contribution in [0.2, 0.25) is 0 Å². The maximum Gasteiger partial charge on any atom is 0.220 e. The average Bonchev–Trinajstić information content (AvgIpc) is 2.89. The van der Waals surface area contributed by atoms with Gasteiger partial charge in [-0.15, -0.1) is 0 Å². The molecule has 21 heavy (non-hydrogen) atoms. The van der Waals surface area contributed by atoms with Gasteiger partial charge in [0.1, 0.15) is 5.76 Å². The number of nitrogens with one attached hydrogen (secondary N) is 1. The zero-order valence-corrected chi connectivity index (χ0v) is 13.1. The van der Waals surface area contributed by atoms with Gasteiger partial charge in [-0.05, 0) is 31.4 Å². The molecule has 1 heterocycles. The Morgan fingerprint density at radius 3 is 2.76 bits per heavy atom. The number of methoxy groups -OCH3 is 1. The molecule has 1 N–H and O–H groups in total. The summed E-state index contributed by atoms with van der Waals surface area (Å²) in [5.41, 5.74) is 0.721. The summed E-state index contributed by atoms with van der Waals surface area (Å²) in [6, 6.07) is 7.55. The largest absolute Gasteiger partial charge is 0.493 e. The van der Waals surface area contributed by atoms with E-state index in [1.165, 1.54) is 0 Å². The lowest BCUT2D eigenvalue weighted by molar-refractivity contribution is -0.122. The van der Waals surface area contributed by atoms with Crippen molar-refractivity contribution >= 4 is 16.9 Å². The Bertz CT molecular complexity index is 616. The third-order valence-electron chi connectivity index (χ3n) is 3.50. The molecule has 1 atom stereocenters. The number of carbonyl (C=O) groups is 1. The van der Waals surface area contributed by atoms with Gasteiger partial charge in [-0.25, -0.2) is 0 Å². The molecule has 0 aliphatic carbocycles. The number of carbonyl (C=O) groups excluding carboxylic acids is 1. The Balaban J connectivity index is 2.09. The predicted molar refractivity (Wildman–Crippen MR) is 83.4 cm³/mol. The molecule has 0 aliphatic rings. The van der Waals surface area contributed by atoms with Gasteiger partial charge in [-0.2, -0.15) is 0 Å². The van der Waals surface area contributed by atoms with Crippen LogP contribution in [0.4, 0.5) is 0 Å². The van der Waals surface area contributed by atoms with E-state index in [9.17, 15) is 4.79 Å². The molecule has 0 bridgehead atoms. The van der Waals surface area contributed by atoms with E-state index in [1.54, 1.807) is 7.11 Å². The number of rotatable bonds is 6. The normalized spacial score (nSPS) is 12.6. The van der Waals surface area contributed by atoms with E-state index in [4.69, 9.17) is 9.15 Å². The summed E-state index contributed by atoms with van der Waals surface area (Å²) >= 11 is 0. The van der Waals surface area contributed by atoms with Gasteiger partial charge < -0.3 is 14.5 Å². The van der Waals surface area contributed by atoms with E-state index >= 15 is 0 Å². The molecular weight excluding hydrogens is 266 g/mol. The lowest BCUT2D eigenvalue weighted by Crippen LogP contribution is -2.26. The first-order chi connectivity index (χ1) is 10.0. The fraction of sp³-hybridized carbons (Fsp3) is 0.471. The van der Waals surface area contributed by atoms with Crippen LogP contribution in [0, 0.1) is 5.92 Å². The number of para-hydroxylation sites is 1. The molecule has 0 fully saturated rings. The van der Waals surface area contributed by atoms with Gasteiger partial charge in [-0.1, -0.05) is 26.0 Å². The zero-order chi connectivity index (χ0) is 15.4. The summed E-state index contributed by atoms with van der Waals surface area (Å²) in [5.74, 6) is 2.04. The van der Waals surface area contributed by atoms with Crippen molar-refractivity contribution < 1.29 is 13.9 Å². The Morgan fingerprint density at radius 1 is 1.33 bits per heavy atom. The summed E-state index contributed by atoms with van der Waals surface area (Å²) < 4.78 is 11.1. The van der Waals surface area contributed by atoms with Crippen LogP contribution in [-0.4, -0.2) is 13.0 Å². The van der Waals surface area contributed by atoms with Crippen molar-refractivity contribution in [2.45, 2.75) is 39.7 Å². The molecule has 114 valence electrons. The number of hydrogen-bond acceptors (Lipinski definition) is 3. The highest BCUT2D eigenvalue weighted by atomic mass is 16.5. The van der Waals surface area contributed by atoms with Crippen LogP contribution in [0.1, 0.15) is 45.4 Å². The Kier molecular flexibility index (Phi) is 4.89. The van der Waals surface area contributed by atoms with E-state index in [-0.39, 0.29) is 11.9 Å². The lowest BCUT2D eigenvalue weighted by Gasteiger charge is -2.12. The molecule has 2 rings (SSSR count). The first kappa shape index (κ1) is 15.4. The van der Waals surface area contributed by atoms with Crippen molar-refractivity contribution in [3.63, 3.8) is 0 Å². The van der Waals surface area contributed by atoms with E-state index < -0.39 is 0 Å². The third kappa shape index (κ3) is 3.78. The van der Waals surface area contributed by atoms with Crippen molar-refractivity contribution in [2.75, 3.05) is 7.11 Å². The standard InChI is InChI=1S/C17H23NO3/c1-11(2)8-9-16(19)18-12(3)15-10-13-6-5-7-14(20-4)17(13)21-15/h5-7,10-12H,8-9H2,1-4H3,(H,18,19)/t12-/m1/s1. The highest BCUT2D eigenvalue weighted by Gasteiger charge is 2.16. The van der Waals surface area contributed by atoms with Crippen molar-refractivity contribution in [1.82, 2.24) is 5.32 Å². The zero-order valence-electron chi connectivity index (χ0n) is 13.1. The quantitative estimate of drug-likeness (QED) is 0.872. The van der Waals surface area contributed by atoms with Crippen molar-refractivity contribution in [3.05, 3.63) is 30.0 Å². The minimum Gasteiger partial charge on any atom is -0.493 e. The van der Waals surface area contributed by atoms with Crippen LogP contribution in [-0.2, 0) is 4.79 Å². The molecule has 1 aromatic carbocycles. The summed E-state index contributed by atoms with van der Waals surface area (Å²) in [6.45, 7) is 6.15. The SMILES string of the molecule is COc1cccc2cc([C@@H](C)NC(=O)CCC(C)C)oc12. The summed E-state index contributed by atoms with van der Waals surface area (Å²) in [4.78, 5) is 11.9. The fourth-order valence-corrected chi connectivity index (χ4v) is 2.23. The molecule has 0 radical (unpaired) electrons. The molecule has 1 amide bonds. The van der Waals surface area contributed by atoms with Crippen LogP contribution in [0.15, 0.2) is 28.7 Å². The van der Waals surface area contributed by atoms with Gasteiger partial charge in [0, 0.05) is 11.8 Å². The van der Waals surface area contributed by atoms with Crippen LogP contribution < -0.4 is 10.1 Å². The molecule has 4 heteroatoms. The Labute approximate surface area is 125 Å². The Morgan fingerprint density at radius 2 is 2.10 bits per heavy atom. The molecule has 2 aromatic rings. The summed E-state index contributed by atoms with van der Waals surface area (Å²) in [6.07, 6.45) is 1.44. The van der Waals surface area contributed by atoms with E-state index in [2.05, 4.69) is 19.2 Å². The number of hydrogen-bond donors (Lipinski definition) is 1. The molecule has 0 unspecified atom stereocenters. The first-order valence-corrected chi connectivity index (χ1v) is 7.37. The molecule has 0 aliphatic heterocycles. The topological polar surface area (TPSA) is 51.5 Å². The van der Waals surface area contributed by atoms with Gasteiger partial charge in [0.25, 0.3) is 0 Å². The summed E-state index contributed by atoms with van der Waals surface area (Å²) in [7, 11) is 1.62. The van der Waals surface area contributed by atoms with Crippen molar-refractivity contribution in [2.24, 2.45) is 5.92 Å². The number of amides is 1. The third-order valence-corrected chi connectivity index (χ3v) is 3.50. The minimum absolute atomic E-state index is 0.0589. The van der Waals surface area contributed by atoms with E-state index in [0.29, 0.717) is 18.1 Å². The van der Waals surface area contributed by atoms with Crippen molar-refractivity contribution in [1.29, 1.82) is 0 Å². The monoisotopic (exact) mass is 289 g/mol. The number of benzene rings is 1. The van der Waals surface area contributed by atoms with Gasteiger partial charge in [0.05, 0.1) is 13.2 Å². The van der Waals surface area contributed by atoms with Gasteiger partial charge in [0.2, 0.25) is 5.91 Å². The summed E-state index contributed by atoms with van der Waals surface area (Å²) in [5, 5.41) is 3.96. The molecule has 4 nitrogen and oxygen atoms in total. The van der Waals surface area contributed by atoms with Crippen molar-refractivity contribution in [3.8, 4) is 5.75 Å². The second kappa shape index (κ2) is 6.66. The van der Waals surface area contributed by atoms with Gasteiger partial charge in [0.15, 0.2) is 11.3 Å². The van der Waals surface area contributed by atoms with Gasteiger partial charge in [-0.3, -0.25) is 4.79 Å². The molecule has 0 saturated carbocycles. The number of ether oxygens (including phenoxy) is 1. The number of furan rings is 1. The van der Waals surface area contributed by atoms with Gasteiger partial charge >= 0.3 is 0 Å². The molecule has 0 saturated heterocycles. The van der Waals surface area contributed by atoms with Crippen LogP contribution in [0.5, 0.6) is 5.75 Å². The molecule has 1 aromatic heterocycles. The number of fused-ring (bicyclic) bond motifs is 1. The highest BCUT2D eigenvalue weighted by Crippen LogP contribution is 2.30. The Hall–Kier alpha value is -1.97. The minimum atomic E-state index is -0.151. The second-order valence-corrected chi connectivity index (χ2v) is 5.75. The van der Waals surface area contributed by atoms with E-state index in [1.807, 2.05) is 31.2 Å². The smallest absolute Gasteiger partial charge is 0.220 e. The van der Waals surface area contributed by atoms with Crippen LogP contribution in [0.3, 0.4) is 0 Å².